The first-order valence-corrected chi connectivity index (χ1v) is 16.0. The fraction of sp³-hybridized carbons (Fsp3) is 0.314. The van der Waals surface area contributed by atoms with E-state index in [9.17, 15) is 4.79 Å². The van der Waals surface area contributed by atoms with E-state index in [0.29, 0.717) is 41.4 Å². The van der Waals surface area contributed by atoms with Crippen LogP contribution in [0.5, 0.6) is 11.8 Å². The minimum atomic E-state index is -0.220. The molecule has 1 unspecified atom stereocenters. The summed E-state index contributed by atoms with van der Waals surface area (Å²) in [5.41, 5.74) is 4.66. The number of morpholine rings is 1. The van der Waals surface area contributed by atoms with Crippen LogP contribution in [-0.2, 0) is 16.0 Å². The predicted octanol–water partition coefficient (Wildman–Crippen LogP) is 5.35. The lowest BCUT2D eigenvalue weighted by Crippen LogP contribution is -2.33. The molecule has 0 saturated carbocycles. The standard InChI is InChI=1S/C35H33N5O4S/c1-23-4-2-3-5-24(23)6-7-27-18-28-19-37-35(44-30-10-8-25(9-11-30)31-21-36-14-17-43-31)39-33(28)40(34(27)41)22-29-20-38-45-32(29)26-12-15-42-16-13-26/h2-5,8-11,18-20,26,31,36H,12-17,21-22H2,1H3. The Bertz CT molecular complexity index is 1930. The molecule has 0 aliphatic carbocycles. The minimum Gasteiger partial charge on any atom is -0.424 e. The van der Waals surface area contributed by atoms with Crippen molar-refractivity contribution in [2.45, 2.75) is 38.3 Å². The SMILES string of the molecule is Cc1ccccc1C#Cc1cc2cnc(Oc3ccc(C4CNCCO4)cc3)nc2n(Cc2cnsc2C2CCOCC2)c1=O. The van der Waals surface area contributed by atoms with Gasteiger partial charge in [0.2, 0.25) is 0 Å². The van der Waals surface area contributed by atoms with E-state index in [0.717, 1.165) is 61.4 Å². The molecule has 0 amide bonds. The molecule has 10 heteroatoms. The van der Waals surface area contributed by atoms with Crippen LogP contribution in [0.3, 0.4) is 0 Å². The molecular weight excluding hydrogens is 586 g/mol. The van der Waals surface area contributed by atoms with Crippen LogP contribution in [0.2, 0.25) is 0 Å². The molecule has 2 aliphatic rings. The second kappa shape index (κ2) is 13.3. The first-order chi connectivity index (χ1) is 22.1. The lowest BCUT2D eigenvalue weighted by Gasteiger charge is -2.24. The molecule has 2 fully saturated rings. The zero-order valence-electron chi connectivity index (χ0n) is 25.0. The van der Waals surface area contributed by atoms with Crippen molar-refractivity contribution in [2.24, 2.45) is 0 Å². The van der Waals surface area contributed by atoms with Gasteiger partial charge in [-0.15, -0.1) is 0 Å². The molecule has 2 aromatic carbocycles. The topological polar surface area (TPSA) is 100 Å². The van der Waals surface area contributed by atoms with Crippen LogP contribution in [0.15, 0.2) is 71.8 Å². The molecule has 7 rings (SSSR count). The van der Waals surface area contributed by atoms with E-state index in [-0.39, 0.29) is 17.7 Å². The number of rotatable bonds is 6. The third-order valence-electron chi connectivity index (χ3n) is 8.27. The quantitative estimate of drug-likeness (QED) is 0.254. The van der Waals surface area contributed by atoms with Crippen molar-refractivity contribution in [2.75, 3.05) is 32.9 Å². The smallest absolute Gasteiger partial charge is 0.323 e. The van der Waals surface area contributed by atoms with E-state index in [4.69, 9.17) is 19.2 Å². The van der Waals surface area contributed by atoms with Crippen LogP contribution >= 0.6 is 11.5 Å². The molecule has 2 saturated heterocycles. The van der Waals surface area contributed by atoms with Gasteiger partial charge in [-0.1, -0.05) is 42.2 Å². The van der Waals surface area contributed by atoms with Crippen molar-refractivity contribution in [3.05, 3.63) is 110 Å². The van der Waals surface area contributed by atoms with E-state index in [1.54, 1.807) is 16.8 Å². The molecule has 0 radical (unpaired) electrons. The summed E-state index contributed by atoms with van der Waals surface area (Å²) in [6.07, 6.45) is 5.45. The van der Waals surface area contributed by atoms with Gasteiger partial charge in [0.15, 0.2) is 0 Å². The van der Waals surface area contributed by atoms with Crippen molar-refractivity contribution >= 4 is 22.6 Å². The van der Waals surface area contributed by atoms with E-state index in [1.807, 2.05) is 61.7 Å². The maximum Gasteiger partial charge on any atom is 0.323 e. The number of nitrogens with zero attached hydrogens (tertiary/aromatic N) is 4. The van der Waals surface area contributed by atoms with Crippen LogP contribution in [0.4, 0.5) is 0 Å². The number of pyridine rings is 1. The summed E-state index contributed by atoms with van der Waals surface area (Å²) in [5.74, 6) is 7.28. The summed E-state index contributed by atoms with van der Waals surface area (Å²) in [7, 11) is 0. The highest BCUT2D eigenvalue weighted by atomic mass is 32.1. The Hall–Kier alpha value is -4.40. The molecule has 0 bridgehead atoms. The molecule has 1 atom stereocenters. The van der Waals surface area contributed by atoms with E-state index >= 15 is 0 Å². The maximum atomic E-state index is 14.1. The molecule has 9 nitrogen and oxygen atoms in total. The monoisotopic (exact) mass is 619 g/mol. The van der Waals surface area contributed by atoms with Gasteiger partial charge < -0.3 is 19.5 Å². The summed E-state index contributed by atoms with van der Waals surface area (Å²) in [5, 5.41) is 4.05. The van der Waals surface area contributed by atoms with Crippen LogP contribution < -0.4 is 15.6 Å². The Morgan fingerprint density at radius 2 is 1.87 bits per heavy atom. The highest BCUT2D eigenvalue weighted by Crippen LogP contribution is 2.33. The number of ether oxygens (including phenoxy) is 3. The second-order valence-electron chi connectivity index (χ2n) is 11.3. The maximum absolute atomic E-state index is 14.1. The molecular formula is C35H33N5O4S. The van der Waals surface area contributed by atoms with Crippen molar-refractivity contribution in [1.82, 2.24) is 24.2 Å². The average Bonchev–Trinajstić information content (AvgIpc) is 3.55. The van der Waals surface area contributed by atoms with E-state index in [1.165, 1.54) is 16.4 Å². The molecule has 5 heterocycles. The Morgan fingerprint density at radius 3 is 2.67 bits per heavy atom. The van der Waals surface area contributed by atoms with Crippen LogP contribution in [0, 0.1) is 18.8 Å². The van der Waals surface area contributed by atoms with Gasteiger partial charge in [-0.3, -0.25) is 9.36 Å². The Balaban J connectivity index is 1.25. The van der Waals surface area contributed by atoms with Gasteiger partial charge in [0.1, 0.15) is 11.4 Å². The fourth-order valence-corrected chi connectivity index (χ4v) is 6.68. The number of benzene rings is 2. The molecule has 1 N–H and O–H groups in total. The van der Waals surface area contributed by atoms with Gasteiger partial charge in [-0.25, -0.2) is 9.36 Å². The Kier molecular flexibility index (Phi) is 8.67. The molecule has 3 aromatic heterocycles. The largest absolute Gasteiger partial charge is 0.424 e. The number of hydrogen-bond donors (Lipinski definition) is 1. The molecule has 228 valence electrons. The van der Waals surface area contributed by atoms with Gasteiger partial charge in [0.05, 0.1) is 24.8 Å². The van der Waals surface area contributed by atoms with Crippen molar-refractivity contribution < 1.29 is 14.2 Å². The summed E-state index contributed by atoms with van der Waals surface area (Å²) in [6.45, 7) is 6.11. The van der Waals surface area contributed by atoms with Crippen molar-refractivity contribution in [3.63, 3.8) is 0 Å². The molecule has 45 heavy (non-hydrogen) atoms. The number of fused-ring (bicyclic) bond motifs is 1. The Labute approximate surface area is 265 Å². The number of hydrogen-bond acceptors (Lipinski definition) is 9. The summed E-state index contributed by atoms with van der Waals surface area (Å²) in [6, 6.07) is 17.6. The van der Waals surface area contributed by atoms with E-state index < -0.39 is 0 Å². The molecule has 2 aliphatic heterocycles. The fourth-order valence-electron chi connectivity index (χ4n) is 5.77. The van der Waals surface area contributed by atoms with Crippen molar-refractivity contribution in [1.29, 1.82) is 0 Å². The number of aromatic nitrogens is 4. The first-order valence-electron chi connectivity index (χ1n) is 15.2. The van der Waals surface area contributed by atoms with E-state index in [2.05, 4.69) is 26.5 Å². The zero-order chi connectivity index (χ0) is 30.6. The number of nitrogens with one attached hydrogen (secondary N) is 1. The first kappa shape index (κ1) is 29.3. The van der Waals surface area contributed by atoms with Crippen LogP contribution in [-0.4, -0.2) is 51.8 Å². The van der Waals surface area contributed by atoms with Gasteiger partial charge in [-0.2, -0.15) is 4.98 Å². The summed E-state index contributed by atoms with van der Waals surface area (Å²) in [4.78, 5) is 24.5. The molecule has 5 aromatic rings. The van der Waals surface area contributed by atoms with Crippen LogP contribution in [0.1, 0.15) is 57.6 Å². The summed E-state index contributed by atoms with van der Waals surface area (Å²) < 4.78 is 23.7. The highest BCUT2D eigenvalue weighted by molar-refractivity contribution is 7.06. The van der Waals surface area contributed by atoms with Gasteiger partial charge in [0, 0.05) is 60.1 Å². The lowest BCUT2D eigenvalue weighted by atomic mass is 9.96. The zero-order valence-corrected chi connectivity index (χ0v) is 25.8. The van der Waals surface area contributed by atoms with Crippen molar-refractivity contribution in [3.8, 4) is 23.6 Å². The highest BCUT2D eigenvalue weighted by Gasteiger charge is 2.23. The van der Waals surface area contributed by atoms with Crippen LogP contribution in [0.25, 0.3) is 11.0 Å². The van der Waals surface area contributed by atoms with Gasteiger partial charge >= 0.3 is 6.01 Å². The number of aryl methyl sites for hydroxylation is 1. The normalized spacial score (nSPS) is 17.1. The molecule has 0 spiro atoms. The van der Waals surface area contributed by atoms with Gasteiger partial charge in [0.25, 0.3) is 5.56 Å². The Morgan fingerprint density at radius 1 is 1.04 bits per heavy atom. The summed E-state index contributed by atoms with van der Waals surface area (Å²) >= 11 is 1.50. The lowest BCUT2D eigenvalue weighted by molar-refractivity contribution is 0.0277. The third kappa shape index (κ3) is 6.53. The minimum absolute atomic E-state index is 0.0138. The predicted molar refractivity (Wildman–Crippen MR) is 173 cm³/mol. The second-order valence-corrected chi connectivity index (χ2v) is 12.1. The average molecular weight is 620 g/mol. The third-order valence-corrected chi connectivity index (χ3v) is 9.27. The van der Waals surface area contributed by atoms with Gasteiger partial charge in [-0.05, 0) is 72.6 Å².